The molecule has 0 amide bonds. The first-order valence-corrected chi connectivity index (χ1v) is 4.18. The smallest absolute Gasteiger partial charge is 0.142 e. The van der Waals surface area contributed by atoms with Gasteiger partial charge in [0.2, 0.25) is 0 Å². The molecule has 0 spiro atoms. The monoisotopic (exact) mass is 163 g/mol. The number of hydrogen-bond acceptors (Lipinski definition) is 3. The van der Waals surface area contributed by atoms with E-state index in [2.05, 4.69) is 16.1 Å². The fourth-order valence-electron chi connectivity index (χ4n) is 1.52. The lowest BCUT2D eigenvalue weighted by Crippen LogP contribution is -2.17. The summed E-state index contributed by atoms with van der Waals surface area (Å²) in [5.41, 5.74) is 0.745. The first-order valence-electron chi connectivity index (χ1n) is 4.18. The Morgan fingerprint density at radius 1 is 1.42 bits per heavy atom. The van der Waals surface area contributed by atoms with E-state index in [0.29, 0.717) is 0 Å². The molecule has 3 nitrogen and oxygen atoms in total. The van der Waals surface area contributed by atoms with Crippen molar-refractivity contribution in [2.24, 2.45) is 0 Å². The van der Waals surface area contributed by atoms with Gasteiger partial charge in [0.05, 0.1) is 0 Å². The summed E-state index contributed by atoms with van der Waals surface area (Å²) in [6, 6.07) is 1.60. The highest BCUT2D eigenvalue weighted by atomic mass is 16.3. The average molecular weight is 163 g/mol. The molecule has 2 rings (SSSR count). The van der Waals surface area contributed by atoms with E-state index in [1.54, 1.807) is 12.3 Å². The van der Waals surface area contributed by atoms with Gasteiger partial charge in [-0.25, -0.2) is 0 Å². The average Bonchev–Trinajstić information content (AvgIpc) is 2.57. The molecule has 1 aliphatic rings. The van der Waals surface area contributed by atoms with Crippen molar-refractivity contribution in [1.29, 1.82) is 0 Å². The summed E-state index contributed by atoms with van der Waals surface area (Å²) in [4.78, 5) is 5.98. The Bertz CT molecular complexity index is 269. The van der Waals surface area contributed by atoms with Crippen LogP contribution in [0.4, 0.5) is 5.69 Å². The molecule has 1 saturated heterocycles. The van der Waals surface area contributed by atoms with Gasteiger partial charge in [-0.3, -0.25) is 4.98 Å². The summed E-state index contributed by atoms with van der Waals surface area (Å²) in [6.07, 6.45) is 6.75. The van der Waals surface area contributed by atoms with Crippen molar-refractivity contribution in [3.05, 3.63) is 18.5 Å². The maximum absolute atomic E-state index is 9.46. The van der Waals surface area contributed by atoms with Crippen molar-refractivity contribution >= 4 is 5.69 Å². The summed E-state index contributed by atoms with van der Waals surface area (Å²) in [7, 11) is 0. The summed E-state index contributed by atoms with van der Waals surface area (Å²) in [5.74, 6) is 0.284. The predicted molar refractivity (Wildman–Crippen MR) is 46.2 cm³/mol. The molecule has 1 aromatic rings. The first kappa shape index (κ1) is 7.40. The van der Waals surface area contributed by atoms with Crippen LogP contribution in [-0.4, -0.2) is 23.2 Å². The molecule has 3 heteroatoms. The van der Waals surface area contributed by atoms with Crippen LogP contribution in [0.2, 0.25) is 0 Å². The Morgan fingerprint density at radius 3 is 2.83 bits per heavy atom. The summed E-state index contributed by atoms with van der Waals surface area (Å²) in [5, 5.41) is 9.46. The lowest BCUT2D eigenvalue weighted by atomic mass is 10.3. The van der Waals surface area contributed by atoms with Gasteiger partial charge in [0.1, 0.15) is 17.6 Å². The molecular weight excluding hydrogens is 152 g/mol. The van der Waals surface area contributed by atoms with Gasteiger partial charge in [-0.1, -0.05) is 0 Å². The zero-order valence-corrected chi connectivity index (χ0v) is 6.82. The van der Waals surface area contributed by atoms with E-state index in [-0.39, 0.29) is 5.75 Å². The Morgan fingerprint density at radius 2 is 2.17 bits per heavy atom. The van der Waals surface area contributed by atoms with Crippen LogP contribution < -0.4 is 4.90 Å². The minimum absolute atomic E-state index is 0.284. The largest absolute Gasteiger partial charge is 0.506 e. The molecule has 1 N–H and O–H groups in total. The van der Waals surface area contributed by atoms with Gasteiger partial charge < -0.3 is 10.0 Å². The van der Waals surface area contributed by atoms with Crippen LogP contribution in [0.1, 0.15) is 12.8 Å². The summed E-state index contributed by atoms with van der Waals surface area (Å²) < 4.78 is 0. The van der Waals surface area contributed by atoms with Crippen molar-refractivity contribution in [2.75, 3.05) is 18.0 Å². The van der Waals surface area contributed by atoms with Crippen molar-refractivity contribution in [3.63, 3.8) is 0 Å². The summed E-state index contributed by atoms with van der Waals surface area (Å²) >= 11 is 0. The molecule has 0 saturated carbocycles. The standard InChI is InChI=1S/C9H11N2O/c12-9-3-4-10-7-8(9)11-5-1-2-6-11/h3-4H,1-2,5-6H2,(H,10,12). The van der Waals surface area contributed by atoms with Crippen LogP contribution in [0, 0.1) is 6.20 Å². The molecule has 0 atom stereocenters. The van der Waals surface area contributed by atoms with Crippen LogP contribution in [0.5, 0.6) is 5.75 Å². The number of hydrogen-bond donors (Lipinski definition) is 1. The molecule has 0 aromatic carbocycles. The first-order chi connectivity index (χ1) is 5.88. The van der Waals surface area contributed by atoms with Crippen LogP contribution in [-0.2, 0) is 0 Å². The second-order valence-electron chi connectivity index (χ2n) is 2.98. The predicted octanol–water partition coefficient (Wildman–Crippen LogP) is 1.19. The third-order valence-electron chi connectivity index (χ3n) is 2.14. The highest BCUT2D eigenvalue weighted by Crippen LogP contribution is 2.27. The quantitative estimate of drug-likeness (QED) is 0.675. The number of pyridine rings is 1. The molecule has 1 aromatic heterocycles. The van der Waals surface area contributed by atoms with Crippen LogP contribution in [0.15, 0.2) is 12.3 Å². The van der Waals surface area contributed by atoms with Crippen molar-refractivity contribution in [2.45, 2.75) is 12.8 Å². The van der Waals surface area contributed by atoms with Crippen LogP contribution in [0.3, 0.4) is 0 Å². The fourth-order valence-corrected chi connectivity index (χ4v) is 1.52. The van der Waals surface area contributed by atoms with E-state index >= 15 is 0 Å². The van der Waals surface area contributed by atoms with Crippen molar-refractivity contribution < 1.29 is 5.11 Å². The van der Waals surface area contributed by atoms with E-state index < -0.39 is 0 Å². The topological polar surface area (TPSA) is 36.4 Å². The molecule has 1 aliphatic heterocycles. The molecular formula is C9H11N2O. The Hall–Kier alpha value is -1.25. The van der Waals surface area contributed by atoms with E-state index in [9.17, 15) is 5.11 Å². The molecule has 0 bridgehead atoms. The normalized spacial score (nSPS) is 16.8. The van der Waals surface area contributed by atoms with Gasteiger partial charge in [-0.2, -0.15) is 0 Å². The Balaban J connectivity index is 2.26. The van der Waals surface area contributed by atoms with E-state index in [4.69, 9.17) is 0 Å². The SMILES string of the molecule is Oc1ccn[c]c1N1CCCC1. The molecule has 1 fully saturated rings. The molecule has 12 heavy (non-hydrogen) atoms. The second-order valence-corrected chi connectivity index (χ2v) is 2.98. The maximum Gasteiger partial charge on any atom is 0.142 e. The van der Waals surface area contributed by atoms with Gasteiger partial charge in [0, 0.05) is 25.4 Å². The molecule has 1 radical (unpaired) electrons. The molecule has 63 valence electrons. The van der Waals surface area contributed by atoms with Gasteiger partial charge in [-0.15, -0.1) is 0 Å². The second kappa shape index (κ2) is 3.01. The Labute approximate surface area is 71.7 Å². The third kappa shape index (κ3) is 1.22. The lowest BCUT2D eigenvalue weighted by Gasteiger charge is -2.16. The van der Waals surface area contributed by atoms with Gasteiger partial charge in [-0.05, 0) is 12.8 Å². The highest BCUT2D eigenvalue weighted by Gasteiger charge is 2.15. The van der Waals surface area contributed by atoms with Crippen LogP contribution >= 0.6 is 0 Å². The van der Waals surface area contributed by atoms with Gasteiger partial charge in [0.15, 0.2) is 0 Å². The Kier molecular flexibility index (Phi) is 1.86. The van der Waals surface area contributed by atoms with Crippen molar-refractivity contribution in [3.8, 4) is 5.75 Å². The van der Waals surface area contributed by atoms with E-state index in [1.807, 2.05) is 0 Å². The highest BCUT2D eigenvalue weighted by molar-refractivity contribution is 5.55. The van der Waals surface area contributed by atoms with E-state index in [1.165, 1.54) is 12.8 Å². The van der Waals surface area contributed by atoms with Gasteiger partial charge in [0.25, 0.3) is 0 Å². The number of anilines is 1. The molecule has 0 unspecified atom stereocenters. The maximum atomic E-state index is 9.46. The minimum Gasteiger partial charge on any atom is -0.506 e. The number of rotatable bonds is 1. The van der Waals surface area contributed by atoms with Gasteiger partial charge >= 0.3 is 0 Å². The molecule has 0 aliphatic carbocycles. The minimum atomic E-state index is 0.284. The number of aromatic hydroxyl groups is 1. The summed E-state index contributed by atoms with van der Waals surface area (Å²) in [6.45, 7) is 2.02. The zero-order valence-electron chi connectivity index (χ0n) is 6.82. The number of nitrogens with zero attached hydrogens (tertiary/aromatic N) is 2. The van der Waals surface area contributed by atoms with E-state index in [0.717, 1.165) is 18.8 Å². The third-order valence-corrected chi connectivity index (χ3v) is 2.14. The zero-order chi connectivity index (χ0) is 8.39. The van der Waals surface area contributed by atoms with Crippen molar-refractivity contribution in [1.82, 2.24) is 4.98 Å². The fraction of sp³-hybridized carbons (Fsp3) is 0.444. The lowest BCUT2D eigenvalue weighted by molar-refractivity contribution is 0.474. The molecule has 2 heterocycles. The van der Waals surface area contributed by atoms with Crippen LogP contribution in [0.25, 0.3) is 0 Å². The number of aromatic nitrogens is 1.